The van der Waals surface area contributed by atoms with Crippen LogP contribution in [0.1, 0.15) is 33.1 Å². The number of nitrogens with two attached hydrogens (primary N) is 1. The molecule has 0 aromatic rings. The van der Waals surface area contributed by atoms with Crippen LogP contribution in [-0.2, 0) is 19.4 Å². The number of ether oxygens (including phenoxy) is 1. The summed E-state index contributed by atoms with van der Waals surface area (Å²) in [5.41, 5.74) is 5.91. The first-order valence-electron chi connectivity index (χ1n) is 6.32. The Kier molecular flexibility index (Phi) is 5.16. The highest BCUT2D eigenvalue weighted by Crippen LogP contribution is 2.33. The van der Waals surface area contributed by atoms with E-state index in [-0.39, 0.29) is 6.04 Å². The Hall–Kier alpha value is -0.620. The van der Waals surface area contributed by atoms with Crippen LogP contribution in [0.3, 0.4) is 0 Å². The van der Waals surface area contributed by atoms with Crippen molar-refractivity contribution in [3.8, 4) is 0 Å². The minimum atomic E-state index is -3.51. The second kappa shape index (κ2) is 6.02. The number of methoxy groups -OCH3 is 1. The van der Waals surface area contributed by atoms with E-state index >= 15 is 0 Å². The van der Waals surface area contributed by atoms with Gasteiger partial charge < -0.3 is 10.5 Å². The summed E-state index contributed by atoms with van der Waals surface area (Å²) in [5, 5.41) is -0.613. The molecular weight excluding hydrogens is 254 g/mol. The Bertz CT molecular complexity index is 391. The van der Waals surface area contributed by atoms with Crippen molar-refractivity contribution in [2.75, 3.05) is 12.9 Å². The predicted octanol–water partition coefficient (Wildman–Crippen LogP) is 0.726. The topological polar surface area (TPSA) is 86.5 Å². The lowest BCUT2D eigenvalue weighted by Gasteiger charge is -2.35. The molecule has 1 saturated carbocycles. The van der Waals surface area contributed by atoms with Gasteiger partial charge in [0.25, 0.3) is 0 Å². The molecule has 0 heterocycles. The van der Waals surface area contributed by atoms with Crippen LogP contribution in [0.2, 0.25) is 0 Å². The van der Waals surface area contributed by atoms with Gasteiger partial charge in [0.15, 0.2) is 9.84 Å². The van der Waals surface area contributed by atoms with Gasteiger partial charge in [0.1, 0.15) is 5.75 Å². The molecule has 1 aliphatic carbocycles. The molecule has 0 amide bonds. The molecule has 0 aromatic carbocycles. The number of hydrogen-bond donors (Lipinski definition) is 1. The van der Waals surface area contributed by atoms with Gasteiger partial charge in [-0.15, -0.1) is 0 Å². The van der Waals surface area contributed by atoms with E-state index in [9.17, 15) is 13.2 Å². The van der Waals surface area contributed by atoms with E-state index in [4.69, 9.17) is 5.73 Å². The highest BCUT2D eigenvalue weighted by atomic mass is 32.2. The molecule has 0 aliphatic heterocycles. The Morgan fingerprint density at radius 3 is 2.50 bits per heavy atom. The van der Waals surface area contributed by atoms with E-state index < -0.39 is 26.8 Å². The summed E-state index contributed by atoms with van der Waals surface area (Å²) in [6, 6.07) is -0.366. The van der Waals surface area contributed by atoms with Crippen LogP contribution in [0.25, 0.3) is 0 Å². The maximum Gasteiger partial charge on any atom is 0.320 e. The lowest BCUT2D eigenvalue weighted by molar-refractivity contribution is -0.137. The second-order valence-corrected chi connectivity index (χ2v) is 7.62. The van der Waals surface area contributed by atoms with Gasteiger partial charge in [-0.25, -0.2) is 8.42 Å². The number of carbonyl (C=O) groups excluding carboxylic acids is 1. The summed E-state index contributed by atoms with van der Waals surface area (Å²) in [7, 11) is -2.32. The summed E-state index contributed by atoms with van der Waals surface area (Å²) in [4.78, 5) is 11.1. The van der Waals surface area contributed by atoms with E-state index in [2.05, 4.69) is 18.6 Å². The predicted molar refractivity (Wildman–Crippen MR) is 69.7 cm³/mol. The Balaban J connectivity index is 2.81. The fraction of sp³-hybridized carbons (Fsp3) is 0.917. The quantitative estimate of drug-likeness (QED) is 0.765. The third-order valence-corrected chi connectivity index (χ3v) is 5.94. The van der Waals surface area contributed by atoms with Gasteiger partial charge in [0.05, 0.1) is 12.4 Å². The highest BCUT2D eigenvalue weighted by molar-refractivity contribution is 7.92. The number of rotatable bonds is 4. The van der Waals surface area contributed by atoms with E-state index in [1.165, 1.54) is 7.11 Å². The molecule has 0 aromatic heterocycles. The zero-order valence-corrected chi connectivity index (χ0v) is 12.1. The molecule has 3 atom stereocenters. The SMILES string of the molecule is COC(=O)CS(=O)(=O)C1CC(C(C)C)CCC1N. The van der Waals surface area contributed by atoms with Crippen molar-refractivity contribution in [2.24, 2.45) is 17.6 Å². The van der Waals surface area contributed by atoms with Crippen LogP contribution in [-0.4, -0.2) is 38.5 Å². The summed E-state index contributed by atoms with van der Waals surface area (Å²) >= 11 is 0. The van der Waals surface area contributed by atoms with Crippen molar-refractivity contribution in [2.45, 2.75) is 44.4 Å². The van der Waals surface area contributed by atoms with Crippen molar-refractivity contribution < 1.29 is 17.9 Å². The molecule has 0 spiro atoms. The fourth-order valence-electron chi connectivity index (χ4n) is 2.53. The number of hydrogen-bond acceptors (Lipinski definition) is 5. The van der Waals surface area contributed by atoms with Crippen LogP contribution in [0.4, 0.5) is 0 Å². The number of sulfone groups is 1. The van der Waals surface area contributed by atoms with Gasteiger partial charge in [-0.2, -0.15) is 0 Å². The monoisotopic (exact) mass is 277 g/mol. The Labute approximate surface area is 109 Å². The van der Waals surface area contributed by atoms with E-state index in [1.807, 2.05) is 0 Å². The van der Waals surface area contributed by atoms with Gasteiger partial charge in [-0.05, 0) is 31.1 Å². The van der Waals surface area contributed by atoms with Crippen molar-refractivity contribution in [3.05, 3.63) is 0 Å². The summed E-state index contributed by atoms with van der Waals surface area (Å²) in [6.45, 7) is 4.18. The second-order valence-electron chi connectivity index (χ2n) is 5.40. The van der Waals surface area contributed by atoms with Crippen LogP contribution in [0, 0.1) is 11.8 Å². The lowest BCUT2D eigenvalue weighted by Crippen LogP contribution is -2.47. The maximum atomic E-state index is 12.2. The zero-order chi connectivity index (χ0) is 13.9. The molecular formula is C12H23NO4S. The molecule has 1 aliphatic rings. The van der Waals surface area contributed by atoms with Gasteiger partial charge in [0, 0.05) is 6.04 Å². The molecule has 3 unspecified atom stereocenters. The molecule has 5 nitrogen and oxygen atoms in total. The van der Waals surface area contributed by atoms with Crippen LogP contribution < -0.4 is 5.73 Å². The standard InChI is InChI=1S/C12H23NO4S/c1-8(2)9-4-5-10(13)11(6-9)18(15,16)7-12(14)17-3/h8-11H,4-7,13H2,1-3H3. The van der Waals surface area contributed by atoms with Crippen molar-refractivity contribution in [3.63, 3.8) is 0 Å². The van der Waals surface area contributed by atoms with Crippen molar-refractivity contribution in [1.29, 1.82) is 0 Å². The van der Waals surface area contributed by atoms with Crippen LogP contribution >= 0.6 is 0 Å². The van der Waals surface area contributed by atoms with Gasteiger partial charge in [-0.1, -0.05) is 13.8 Å². The molecule has 1 fully saturated rings. The van der Waals surface area contributed by atoms with Gasteiger partial charge in [-0.3, -0.25) is 4.79 Å². The molecule has 0 radical (unpaired) electrons. The fourth-order valence-corrected chi connectivity index (χ4v) is 4.40. The number of carbonyl (C=O) groups is 1. The third-order valence-electron chi connectivity index (χ3n) is 3.83. The minimum absolute atomic E-state index is 0.363. The smallest absolute Gasteiger partial charge is 0.320 e. The first-order valence-corrected chi connectivity index (χ1v) is 8.03. The Morgan fingerprint density at radius 2 is 2.00 bits per heavy atom. The van der Waals surface area contributed by atoms with Crippen molar-refractivity contribution >= 4 is 15.8 Å². The van der Waals surface area contributed by atoms with E-state index in [1.54, 1.807) is 0 Å². The first-order chi connectivity index (χ1) is 8.27. The van der Waals surface area contributed by atoms with E-state index in [0.717, 1.165) is 6.42 Å². The van der Waals surface area contributed by atoms with Crippen molar-refractivity contribution in [1.82, 2.24) is 0 Å². The normalized spacial score (nSPS) is 29.3. The summed E-state index contributed by atoms with van der Waals surface area (Å²) in [5.74, 6) is -0.475. The third kappa shape index (κ3) is 3.68. The maximum absolute atomic E-state index is 12.2. The molecule has 0 saturated heterocycles. The first kappa shape index (κ1) is 15.4. The molecule has 2 N–H and O–H groups in total. The lowest BCUT2D eigenvalue weighted by atomic mass is 9.79. The van der Waals surface area contributed by atoms with Crippen LogP contribution in [0.15, 0.2) is 0 Å². The van der Waals surface area contributed by atoms with E-state index in [0.29, 0.717) is 24.7 Å². The zero-order valence-electron chi connectivity index (χ0n) is 11.3. The average molecular weight is 277 g/mol. The van der Waals surface area contributed by atoms with Gasteiger partial charge in [0.2, 0.25) is 0 Å². The molecule has 0 bridgehead atoms. The molecule has 6 heteroatoms. The van der Waals surface area contributed by atoms with Crippen LogP contribution in [0.5, 0.6) is 0 Å². The molecule has 106 valence electrons. The highest BCUT2D eigenvalue weighted by Gasteiger charge is 2.39. The van der Waals surface area contributed by atoms with Gasteiger partial charge >= 0.3 is 5.97 Å². The summed E-state index contributed by atoms with van der Waals surface area (Å²) in [6.07, 6.45) is 2.22. The minimum Gasteiger partial charge on any atom is -0.468 e. The molecule has 1 rings (SSSR count). The average Bonchev–Trinajstić information content (AvgIpc) is 2.28. The largest absolute Gasteiger partial charge is 0.468 e. The summed E-state index contributed by atoms with van der Waals surface area (Å²) < 4.78 is 28.7. The number of esters is 1. The Morgan fingerprint density at radius 1 is 1.39 bits per heavy atom. The molecule has 18 heavy (non-hydrogen) atoms.